The third-order valence-corrected chi connectivity index (χ3v) is 5.05. The molecule has 1 aromatic carbocycles. The highest BCUT2D eigenvalue weighted by Crippen LogP contribution is 2.27. The summed E-state index contributed by atoms with van der Waals surface area (Å²) in [5.41, 5.74) is 3.73. The van der Waals surface area contributed by atoms with E-state index in [1.54, 1.807) is 17.2 Å². The van der Waals surface area contributed by atoms with Gasteiger partial charge in [-0.1, -0.05) is 38.1 Å². The Morgan fingerprint density at radius 3 is 2.54 bits per heavy atom. The van der Waals surface area contributed by atoms with Gasteiger partial charge in [-0.15, -0.1) is 10.2 Å². The van der Waals surface area contributed by atoms with Gasteiger partial charge in [-0.05, 0) is 42.2 Å². The molecule has 1 aliphatic heterocycles. The lowest BCUT2D eigenvalue weighted by atomic mass is 10.0. The SMILES string of the molecule is Cc1cnc(-n2cnnc2)c(-c2ccc(C(=O)N3CC=C[C@@H]3C(C)C)cc2)c1. The number of amides is 1. The van der Waals surface area contributed by atoms with Gasteiger partial charge in [0.25, 0.3) is 5.91 Å². The number of pyridine rings is 1. The monoisotopic (exact) mass is 373 g/mol. The van der Waals surface area contributed by atoms with E-state index in [1.807, 2.05) is 42.3 Å². The predicted octanol–water partition coefficient (Wildman–Crippen LogP) is 3.67. The molecule has 3 heterocycles. The number of rotatable bonds is 4. The minimum absolute atomic E-state index is 0.0663. The van der Waals surface area contributed by atoms with Crippen molar-refractivity contribution in [3.63, 3.8) is 0 Å². The molecule has 3 aromatic rings. The van der Waals surface area contributed by atoms with Crippen LogP contribution in [0, 0.1) is 12.8 Å². The van der Waals surface area contributed by atoms with Crippen molar-refractivity contribution < 1.29 is 4.79 Å². The molecule has 1 amide bonds. The van der Waals surface area contributed by atoms with Crippen molar-refractivity contribution in [2.75, 3.05) is 6.54 Å². The van der Waals surface area contributed by atoms with Crippen LogP contribution in [0.25, 0.3) is 16.9 Å². The first kappa shape index (κ1) is 18.1. The van der Waals surface area contributed by atoms with Crippen LogP contribution in [0.4, 0.5) is 0 Å². The molecular weight excluding hydrogens is 350 g/mol. The zero-order valence-electron chi connectivity index (χ0n) is 16.3. The largest absolute Gasteiger partial charge is 0.328 e. The summed E-state index contributed by atoms with van der Waals surface area (Å²) in [6, 6.07) is 9.99. The zero-order chi connectivity index (χ0) is 19.7. The van der Waals surface area contributed by atoms with Crippen LogP contribution >= 0.6 is 0 Å². The van der Waals surface area contributed by atoms with Crippen LogP contribution in [0.2, 0.25) is 0 Å². The first-order chi connectivity index (χ1) is 13.5. The molecular formula is C22H23N5O. The molecule has 0 radical (unpaired) electrons. The number of nitrogens with zero attached hydrogens (tertiary/aromatic N) is 5. The molecule has 1 aliphatic rings. The average Bonchev–Trinajstić information content (AvgIpc) is 3.39. The quantitative estimate of drug-likeness (QED) is 0.655. The Hall–Kier alpha value is -3.28. The van der Waals surface area contributed by atoms with Crippen molar-refractivity contribution in [1.82, 2.24) is 24.6 Å². The van der Waals surface area contributed by atoms with Crippen LogP contribution in [0.5, 0.6) is 0 Å². The summed E-state index contributed by atoms with van der Waals surface area (Å²) < 4.78 is 1.79. The Balaban J connectivity index is 1.64. The van der Waals surface area contributed by atoms with E-state index in [0.717, 1.165) is 22.5 Å². The van der Waals surface area contributed by atoms with Crippen molar-refractivity contribution in [1.29, 1.82) is 0 Å². The molecule has 28 heavy (non-hydrogen) atoms. The normalized spacial score (nSPS) is 16.1. The molecule has 0 bridgehead atoms. The average molecular weight is 373 g/mol. The van der Waals surface area contributed by atoms with Gasteiger partial charge in [0.1, 0.15) is 18.5 Å². The molecule has 1 atom stereocenters. The van der Waals surface area contributed by atoms with E-state index in [0.29, 0.717) is 18.0 Å². The van der Waals surface area contributed by atoms with Gasteiger partial charge >= 0.3 is 0 Å². The van der Waals surface area contributed by atoms with Gasteiger partial charge < -0.3 is 4.90 Å². The maximum Gasteiger partial charge on any atom is 0.254 e. The van der Waals surface area contributed by atoms with E-state index in [2.05, 4.69) is 47.2 Å². The van der Waals surface area contributed by atoms with Crippen LogP contribution in [0.1, 0.15) is 29.8 Å². The van der Waals surface area contributed by atoms with Crippen molar-refractivity contribution in [3.05, 3.63) is 72.5 Å². The van der Waals surface area contributed by atoms with Gasteiger partial charge in [0.2, 0.25) is 0 Å². The van der Waals surface area contributed by atoms with Crippen LogP contribution in [-0.4, -0.2) is 43.1 Å². The van der Waals surface area contributed by atoms with Crippen molar-refractivity contribution >= 4 is 5.91 Å². The van der Waals surface area contributed by atoms with Gasteiger partial charge in [-0.2, -0.15) is 0 Å². The van der Waals surface area contributed by atoms with Gasteiger partial charge in [0, 0.05) is 23.9 Å². The highest BCUT2D eigenvalue weighted by molar-refractivity contribution is 5.95. The van der Waals surface area contributed by atoms with Crippen LogP contribution in [-0.2, 0) is 0 Å². The summed E-state index contributed by atoms with van der Waals surface area (Å²) in [5.74, 6) is 1.22. The second-order valence-corrected chi connectivity index (χ2v) is 7.45. The first-order valence-electron chi connectivity index (χ1n) is 9.44. The molecule has 6 heteroatoms. The van der Waals surface area contributed by atoms with Gasteiger partial charge in [0.15, 0.2) is 0 Å². The molecule has 0 saturated carbocycles. The minimum Gasteiger partial charge on any atom is -0.328 e. The number of benzene rings is 1. The smallest absolute Gasteiger partial charge is 0.254 e. The van der Waals surface area contributed by atoms with Crippen molar-refractivity contribution in [2.24, 2.45) is 5.92 Å². The summed E-state index contributed by atoms with van der Waals surface area (Å²) >= 11 is 0. The Bertz CT molecular complexity index is 1010. The van der Waals surface area contributed by atoms with Gasteiger partial charge in [0.05, 0.1) is 6.04 Å². The third-order valence-electron chi connectivity index (χ3n) is 5.05. The van der Waals surface area contributed by atoms with Gasteiger partial charge in [-0.3, -0.25) is 9.36 Å². The molecule has 0 saturated heterocycles. The first-order valence-corrected chi connectivity index (χ1v) is 9.44. The fraction of sp³-hybridized carbons (Fsp3) is 0.273. The van der Waals surface area contributed by atoms with E-state index in [1.165, 1.54) is 0 Å². The molecule has 2 aromatic heterocycles. The van der Waals surface area contributed by atoms with Crippen LogP contribution < -0.4 is 0 Å². The van der Waals surface area contributed by atoms with E-state index in [4.69, 9.17) is 0 Å². The Morgan fingerprint density at radius 2 is 1.86 bits per heavy atom. The van der Waals surface area contributed by atoms with E-state index < -0.39 is 0 Å². The zero-order valence-corrected chi connectivity index (χ0v) is 16.3. The van der Waals surface area contributed by atoms with Crippen LogP contribution in [0.3, 0.4) is 0 Å². The molecule has 0 fully saturated rings. The Labute approximate surface area is 164 Å². The number of carbonyl (C=O) groups excluding carboxylic acids is 1. The van der Waals surface area contributed by atoms with Crippen molar-refractivity contribution in [2.45, 2.75) is 26.8 Å². The summed E-state index contributed by atoms with van der Waals surface area (Å²) in [7, 11) is 0. The number of hydrogen-bond acceptors (Lipinski definition) is 4. The lowest BCUT2D eigenvalue weighted by Crippen LogP contribution is -2.38. The maximum absolute atomic E-state index is 13.0. The molecule has 0 unspecified atom stereocenters. The second kappa shape index (κ2) is 7.38. The number of aromatic nitrogens is 4. The molecule has 6 nitrogen and oxygen atoms in total. The second-order valence-electron chi connectivity index (χ2n) is 7.45. The maximum atomic E-state index is 13.0. The third kappa shape index (κ3) is 3.33. The standard InChI is InChI=1S/C22H23N5O/c1-15(2)20-5-4-10-27(20)22(28)18-8-6-17(7-9-18)19-11-16(3)12-23-21(19)26-13-24-25-14-26/h4-9,11-15,20H,10H2,1-3H3/t20-/m1/s1. The number of aryl methyl sites for hydroxylation is 1. The number of hydrogen-bond donors (Lipinski definition) is 0. The highest BCUT2D eigenvalue weighted by atomic mass is 16.2. The molecule has 4 rings (SSSR count). The highest BCUT2D eigenvalue weighted by Gasteiger charge is 2.27. The van der Waals surface area contributed by atoms with E-state index in [9.17, 15) is 4.79 Å². The Kier molecular flexibility index (Phi) is 4.77. The molecule has 0 N–H and O–H groups in total. The van der Waals surface area contributed by atoms with E-state index in [-0.39, 0.29) is 11.9 Å². The fourth-order valence-corrected chi connectivity index (χ4v) is 3.59. The van der Waals surface area contributed by atoms with Crippen LogP contribution in [0.15, 0.2) is 61.3 Å². The summed E-state index contributed by atoms with van der Waals surface area (Å²) in [5, 5.41) is 7.75. The molecule has 142 valence electrons. The van der Waals surface area contributed by atoms with Gasteiger partial charge in [-0.25, -0.2) is 4.98 Å². The predicted molar refractivity (Wildman–Crippen MR) is 108 cm³/mol. The minimum atomic E-state index is 0.0663. The molecule has 0 spiro atoms. The summed E-state index contributed by atoms with van der Waals surface area (Å²) in [4.78, 5) is 19.4. The molecule has 0 aliphatic carbocycles. The van der Waals surface area contributed by atoms with Crippen molar-refractivity contribution in [3.8, 4) is 16.9 Å². The number of carbonyl (C=O) groups is 1. The lowest BCUT2D eigenvalue weighted by Gasteiger charge is -2.27. The summed E-state index contributed by atoms with van der Waals surface area (Å²) in [6.45, 7) is 6.96. The van der Waals surface area contributed by atoms with E-state index >= 15 is 0 Å². The fourth-order valence-electron chi connectivity index (χ4n) is 3.59. The topological polar surface area (TPSA) is 63.9 Å². The lowest BCUT2D eigenvalue weighted by molar-refractivity contribution is 0.0720. The Morgan fingerprint density at radius 1 is 1.14 bits per heavy atom. The summed E-state index contributed by atoms with van der Waals surface area (Å²) in [6.07, 6.45) is 9.28.